The van der Waals surface area contributed by atoms with Gasteiger partial charge in [-0.1, -0.05) is 5.16 Å². The molecule has 2 aliphatic heterocycles. The monoisotopic (exact) mass is 418 g/mol. The van der Waals surface area contributed by atoms with E-state index in [9.17, 15) is 9.59 Å². The van der Waals surface area contributed by atoms with E-state index in [1.54, 1.807) is 4.90 Å². The number of aromatic nitrogens is 2. The van der Waals surface area contributed by atoms with E-state index in [4.69, 9.17) is 9.26 Å². The van der Waals surface area contributed by atoms with Crippen molar-refractivity contribution < 1.29 is 18.8 Å². The minimum Gasteiger partial charge on any atom is -0.444 e. The van der Waals surface area contributed by atoms with Crippen molar-refractivity contribution in [3.05, 3.63) is 11.7 Å². The Hall–Kier alpha value is -2.12. The first-order valence-electron chi connectivity index (χ1n) is 11.4. The molecule has 2 amide bonds. The summed E-state index contributed by atoms with van der Waals surface area (Å²) in [5.74, 6) is 2.40. The van der Waals surface area contributed by atoms with Gasteiger partial charge in [0.15, 0.2) is 5.82 Å². The number of hydrogen-bond acceptors (Lipinski definition) is 6. The van der Waals surface area contributed by atoms with Crippen molar-refractivity contribution >= 4 is 12.0 Å². The number of carbonyl (C=O) groups excluding carboxylic acids is 2. The lowest BCUT2D eigenvalue weighted by atomic mass is 9.91. The van der Waals surface area contributed by atoms with Gasteiger partial charge in [-0.05, 0) is 65.2 Å². The van der Waals surface area contributed by atoms with Crippen LogP contribution >= 0.6 is 0 Å². The van der Waals surface area contributed by atoms with Crippen LogP contribution in [0.25, 0.3) is 0 Å². The molecule has 2 atom stereocenters. The Bertz CT molecular complexity index is 767. The summed E-state index contributed by atoms with van der Waals surface area (Å²) in [6, 6.07) is 0. The van der Waals surface area contributed by atoms with Gasteiger partial charge >= 0.3 is 6.09 Å². The van der Waals surface area contributed by atoms with Crippen LogP contribution in [0.5, 0.6) is 0 Å². The first-order chi connectivity index (χ1) is 14.3. The molecule has 0 bridgehead atoms. The van der Waals surface area contributed by atoms with Crippen LogP contribution in [0.15, 0.2) is 4.52 Å². The highest BCUT2D eigenvalue weighted by molar-refractivity contribution is 5.80. The van der Waals surface area contributed by atoms with Gasteiger partial charge in [0.05, 0.1) is 5.92 Å². The molecule has 0 N–H and O–H groups in total. The van der Waals surface area contributed by atoms with E-state index >= 15 is 0 Å². The Kier molecular flexibility index (Phi) is 6.02. The van der Waals surface area contributed by atoms with Crippen LogP contribution in [0, 0.1) is 11.8 Å². The van der Waals surface area contributed by atoms with Crippen molar-refractivity contribution in [1.29, 1.82) is 0 Å². The van der Waals surface area contributed by atoms with Crippen LogP contribution in [-0.4, -0.2) is 63.7 Å². The lowest BCUT2D eigenvalue weighted by Crippen LogP contribution is -2.50. The molecule has 0 radical (unpaired) electrons. The highest BCUT2D eigenvalue weighted by atomic mass is 16.6. The third-order valence-electron chi connectivity index (χ3n) is 6.14. The number of rotatable bonds is 4. The van der Waals surface area contributed by atoms with Crippen LogP contribution < -0.4 is 0 Å². The zero-order chi connectivity index (χ0) is 21.3. The third-order valence-corrected chi connectivity index (χ3v) is 6.14. The molecule has 1 aliphatic carbocycles. The molecule has 1 saturated carbocycles. The summed E-state index contributed by atoms with van der Waals surface area (Å²) >= 11 is 0. The van der Waals surface area contributed by atoms with E-state index in [1.165, 1.54) is 0 Å². The second-order valence-corrected chi connectivity index (χ2v) is 10.1. The maximum Gasteiger partial charge on any atom is 0.410 e. The first kappa shape index (κ1) is 21.1. The smallest absolute Gasteiger partial charge is 0.410 e. The fourth-order valence-corrected chi connectivity index (χ4v) is 4.47. The van der Waals surface area contributed by atoms with Gasteiger partial charge in [-0.3, -0.25) is 4.79 Å². The zero-order valence-electron chi connectivity index (χ0n) is 18.4. The van der Waals surface area contributed by atoms with Gasteiger partial charge in [-0.25, -0.2) is 4.79 Å². The Morgan fingerprint density at radius 3 is 2.53 bits per heavy atom. The molecule has 4 rings (SSSR count). The number of hydrogen-bond donors (Lipinski definition) is 0. The fraction of sp³-hybridized carbons (Fsp3) is 0.818. The lowest BCUT2D eigenvalue weighted by molar-refractivity contribution is -0.139. The number of amides is 2. The summed E-state index contributed by atoms with van der Waals surface area (Å²) in [6.07, 6.45) is 6.45. The average molecular weight is 419 g/mol. The molecule has 2 saturated heterocycles. The number of likely N-dealkylation sites (tertiary alicyclic amines) is 2. The van der Waals surface area contributed by atoms with Crippen LogP contribution in [0.3, 0.4) is 0 Å². The SMILES string of the molecule is CC(C)(C)OC(=O)N1CCC[C@@H](C(=O)N2CCC[C@H](Cc3nc(C4CC4)no3)C2)C1. The lowest BCUT2D eigenvalue weighted by Gasteiger charge is -2.38. The fourth-order valence-electron chi connectivity index (χ4n) is 4.47. The van der Waals surface area contributed by atoms with Crippen molar-refractivity contribution in [2.75, 3.05) is 26.2 Å². The summed E-state index contributed by atoms with van der Waals surface area (Å²) in [6.45, 7) is 8.20. The Labute approximate surface area is 178 Å². The predicted octanol–water partition coefficient (Wildman–Crippen LogP) is 3.38. The molecule has 8 nitrogen and oxygen atoms in total. The van der Waals surface area contributed by atoms with E-state index in [1.807, 2.05) is 25.7 Å². The largest absolute Gasteiger partial charge is 0.444 e. The van der Waals surface area contributed by atoms with Crippen LogP contribution in [0.2, 0.25) is 0 Å². The Morgan fingerprint density at radius 1 is 1.07 bits per heavy atom. The summed E-state index contributed by atoms with van der Waals surface area (Å²) in [5.41, 5.74) is -0.526. The number of carbonyl (C=O) groups is 2. The standard InChI is InChI=1S/C22H34N4O4/c1-22(2,3)29-21(28)26-11-5-7-17(14-26)20(27)25-10-4-6-15(13-25)12-18-23-19(24-30-18)16-8-9-16/h15-17H,4-14H2,1-3H3/t15-,17-/m1/s1. The van der Waals surface area contributed by atoms with Crippen molar-refractivity contribution in [1.82, 2.24) is 19.9 Å². The molecule has 0 aromatic carbocycles. The van der Waals surface area contributed by atoms with E-state index < -0.39 is 5.60 Å². The van der Waals surface area contributed by atoms with Crippen LogP contribution in [0.1, 0.15) is 76.9 Å². The van der Waals surface area contributed by atoms with Gasteiger partial charge in [0.2, 0.25) is 11.8 Å². The number of nitrogens with zero attached hydrogens (tertiary/aromatic N) is 4. The second kappa shape index (κ2) is 8.55. The third kappa shape index (κ3) is 5.32. The topological polar surface area (TPSA) is 88.8 Å². The quantitative estimate of drug-likeness (QED) is 0.745. The molecule has 8 heteroatoms. The molecule has 166 valence electrons. The Balaban J connectivity index is 1.31. The maximum atomic E-state index is 13.2. The molecule has 0 unspecified atom stereocenters. The van der Waals surface area contributed by atoms with Crippen LogP contribution in [0.4, 0.5) is 4.79 Å². The molecule has 3 aliphatic rings. The van der Waals surface area contributed by atoms with Crippen molar-refractivity contribution in [3.8, 4) is 0 Å². The maximum absolute atomic E-state index is 13.2. The van der Waals surface area contributed by atoms with Crippen molar-refractivity contribution in [2.24, 2.45) is 11.8 Å². The summed E-state index contributed by atoms with van der Waals surface area (Å²) < 4.78 is 10.9. The molecule has 0 spiro atoms. The predicted molar refractivity (Wildman–Crippen MR) is 110 cm³/mol. The van der Waals surface area contributed by atoms with Gasteiger partial charge < -0.3 is 19.1 Å². The highest BCUT2D eigenvalue weighted by Gasteiger charge is 2.35. The zero-order valence-corrected chi connectivity index (χ0v) is 18.4. The molecular weight excluding hydrogens is 384 g/mol. The van der Waals surface area contributed by atoms with E-state index in [2.05, 4.69) is 10.1 Å². The molecule has 1 aromatic rings. The minimum atomic E-state index is -0.526. The van der Waals surface area contributed by atoms with Gasteiger partial charge in [0.25, 0.3) is 0 Å². The van der Waals surface area contributed by atoms with Gasteiger partial charge in [0.1, 0.15) is 5.60 Å². The van der Waals surface area contributed by atoms with E-state index in [0.717, 1.165) is 63.9 Å². The number of ether oxygens (including phenoxy) is 1. The highest BCUT2D eigenvalue weighted by Crippen LogP contribution is 2.38. The molecule has 3 fully saturated rings. The average Bonchev–Trinajstić information content (AvgIpc) is 3.46. The number of piperidine rings is 2. The van der Waals surface area contributed by atoms with Crippen LogP contribution in [-0.2, 0) is 16.0 Å². The van der Waals surface area contributed by atoms with Gasteiger partial charge in [-0.15, -0.1) is 0 Å². The first-order valence-corrected chi connectivity index (χ1v) is 11.4. The summed E-state index contributed by atoms with van der Waals surface area (Å²) in [4.78, 5) is 33.8. The van der Waals surface area contributed by atoms with Crippen molar-refractivity contribution in [2.45, 2.75) is 77.2 Å². The molecule has 3 heterocycles. The van der Waals surface area contributed by atoms with E-state index in [0.29, 0.717) is 30.8 Å². The molecule has 1 aromatic heterocycles. The minimum absolute atomic E-state index is 0.144. The van der Waals surface area contributed by atoms with Gasteiger partial charge in [-0.2, -0.15) is 4.98 Å². The van der Waals surface area contributed by atoms with Gasteiger partial charge in [0, 0.05) is 38.5 Å². The summed E-state index contributed by atoms with van der Waals surface area (Å²) in [7, 11) is 0. The van der Waals surface area contributed by atoms with Crippen molar-refractivity contribution in [3.63, 3.8) is 0 Å². The molecule has 30 heavy (non-hydrogen) atoms. The summed E-state index contributed by atoms with van der Waals surface area (Å²) in [5, 5.41) is 4.11. The normalized spacial score (nSPS) is 25.3. The van der Waals surface area contributed by atoms with E-state index in [-0.39, 0.29) is 17.9 Å². The molecular formula is C22H34N4O4. The second-order valence-electron chi connectivity index (χ2n) is 10.1. The Morgan fingerprint density at radius 2 is 1.80 bits per heavy atom.